The summed E-state index contributed by atoms with van der Waals surface area (Å²) in [6.07, 6.45) is 0.879. The number of rotatable bonds is 8. The van der Waals surface area contributed by atoms with E-state index in [4.69, 9.17) is 16.3 Å². The number of hydrogen-bond donors (Lipinski definition) is 0. The van der Waals surface area contributed by atoms with Crippen LogP contribution in [0.4, 0.5) is 0 Å². The van der Waals surface area contributed by atoms with E-state index in [1.807, 2.05) is 36.4 Å². The summed E-state index contributed by atoms with van der Waals surface area (Å²) in [5, 5.41) is 0.0489. The zero-order valence-electron chi connectivity index (χ0n) is 17.2. The lowest BCUT2D eigenvalue weighted by Gasteiger charge is -2.20. The van der Waals surface area contributed by atoms with Gasteiger partial charge < -0.3 is 4.74 Å². The quantitative estimate of drug-likeness (QED) is 0.457. The molecule has 0 amide bonds. The van der Waals surface area contributed by atoms with Crippen molar-refractivity contribution in [3.63, 3.8) is 0 Å². The van der Waals surface area contributed by atoms with Crippen LogP contribution in [0.3, 0.4) is 0 Å². The third kappa shape index (κ3) is 5.12. The highest BCUT2D eigenvalue weighted by Gasteiger charge is 2.27. The second-order valence-electron chi connectivity index (χ2n) is 6.69. The Morgan fingerprint density at radius 3 is 2.32 bits per heavy atom. The van der Waals surface area contributed by atoms with Crippen LogP contribution >= 0.6 is 11.6 Å². The minimum atomic E-state index is -3.84. The number of nitrogens with zero attached hydrogens (tertiary/aromatic N) is 2. The normalized spacial score (nSPS) is 12.5. The molecule has 162 valence electrons. The molecular weight excluding hydrogens is 436 g/mol. The van der Waals surface area contributed by atoms with Crippen LogP contribution in [0.2, 0.25) is 5.02 Å². The molecule has 1 atom stereocenters. The molecule has 0 spiro atoms. The third-order valence-corrected chi connectivity index (χ3v) is 7.31. The van der Waals surface area contributed by atoms with Crippen LogP contribution < -0.4 is 0 Å². The Morgan fingerprint density at radius 2 is 1.71 bits per heavy atom. The molecule has 6 nitrogen and oxygen atoms in total. The van der Waals surface area contributed by atoms with Crippen LogP contribution in [0.1, 0.15) is 41.6 Å². The van der Waals surface area contributed by atoms with Gasteiger partial charge in [-0.05, 0) is 35.9 Å². The highest BCUT2D eigenvalue weighted by atomic mass is 35.5. The second-order valence-corrected chi connectivity index (χ2v) is 9.00. The van der Waals surface area contributed by atoms with E-state index in [-0.39, 0.29) is 15.5 Å². The summed E-state index contributed by atoms with van der Waals surface area (Å²) in [4.78, 5) is 17.2. The zero-order chi connectivity index (χ0) is 22.4. The molecule has 0 saturated heterocycles. The summed E-state index contributed by atoms with van der Waals surface area (Å²) in [6, 6.07) is 18.7. The number of hydrogen-bond acceptors (Lipinski definition) is 5. The van der Waals surface area contributed by atoms with E-state index in [9.17, 15) is 13.2 Å². The maximum Gasteiger partial charge on any atom is 0.339 e. The molecule has 0 bridgehead atoms. The first-order valence-corrected chi connectivity index (χ1v) is 11.7. The first-order chi connectivity index (χ1) is 14.9. The van der Waals surface area contributed by atoms with Gasteiger partial charge in [0.05, 0.1) is 16.3 Å². The molecule has 0 fully saturated rings. The van der Waals surface area contributed by atoms with Gasteiger partial charge in [0.2, 0.25) is 10.0 Å². The smallest absolute Gasteiger partial charge is 0.339 e. The van der Waals surface area contributed by atoms with Gasteiger partial charge in [0.25, 0.3) is 0 Å². The first-order valence-electron chi connectivity index (χ1n) is 9.85. The van der Waals surface area contributed by atoms with Crippen molar-refractivity contribution in [1.82, 2.24) is 9.29 Å². The van der Waals surface area contributed by atoms with Crippen molar-refractivity contribution in [2.75, 3.05) is 13.1 Å². The highest BCUT2D eigenvalue weighted by Crippen LogP contribution is 2.29. The molecule has 0 unspecified atom stereocenters. The Morgan fingerprint density at radius 1 is 1.03 bits per heavy atom. The average Bonchev–Trinajstić information content (AvgIpc) is 2.79. The molecule has 8 heteroatoms. The predicted molar refractivity (Wildman–Crippen MR) is 119 cm³/mol. The van der Waals surface area contributed by atoms with E-state index in [0.717, 1.165) is 5.56 Å². The van der Waals surface area contributed by atoms with Crippen LogP contribution in [-0.4, -0.2) is 36.8 Å². The van der Waals surface area contributed by atoms with Crippen molar-refractivity contribution >= 4 is 27.6 Å². The van der Waals surface area contributed by atoms with Crippen LogP contribution in [-0.2, 0) is 14.8 Å². The summed E-state index contributed by atoms with van der Waals surface area (Å²) >= 11 is 6.17. The minimum Gasteiger partial charge on any atom is -0.447 e. The number of ether oxygens (including phenoxy) is 1. The van der Waals surface area contributed by atoms with E-state index >= 15 is 0 Å². The van der Waals surface area contributed by atoms with Gasteiger partial charge in [0.15, 0.2) is 6.10 Å². The molecule has 2 aromatic carbocycles. The first kappa shape index (κ1) is 22.9. The van der Waals surface area contributed by atoms with E-state index in [2.05, 4.69) is 4.98 Å². The van der Waals surface area contributed by atoms with Crippen molar-refractivity contribution in [3.05, 3.63) is 94.8 Å². The van der Waals surface area contributed by atoms with Gasteiger partial charge >= 0.3 is 5.97 Å². The van der Waals surface area contributed by atoms with Crippen molar-refractivity contribution in [3.8, 4) is 0 Å². The summed E-state index contributed by atoms with van der Waals surface area (Å²) in [5.74, 6) is -0.674. The number of aromatic nitrogens is 1. The lowest BCUT2D eigenvalue weighted by atomic mass is 10.1. The SMILES string of the molecule is CCN(CC)S(=O)(=O)c1cc(C(=O)O[C@@H](c2ccccc2)c2ccccn2)ccc1Cl. The van der Waals surface area contributed by atoms with Gasteiger partial charge in [0, 0.05) is 19.3 Å². The molecule has 0 radical (unpaired) electrons. The standard InChI is InChI=1S/C23H23ClN2O4S/c1-3-26(4-2)31(28,29)21-16-18(13-14-19(21)24)23(27)30-22(17-10-6-5-7-11-17)20-12-8-9-15-25-20/h5-16,22H,3-4H2,1-2H3/t22-/m0/s1. The molecule has 3 aromatic rings. The fourth-order valence-electron chi connectivity index (χ4n) is 3.16. The van der Waals surface area contributed by atoms with E-state index in [1.54, 1.807) is 32.2 Å². The molecule has 0 aliphatic rings. The fourth-order valence-corrected chi connectivity index (χ4v) is 5.12. The number of sulfonamides is 1. The fraction of sp³-hybridized carbons (Fsp3) is 0.217. The number of carbonyl (C=O) groups excluding carboxylic acids is 1. The Hall–Kier alpha value is -2.74. The van der Waals surface area contributed by atoms with Gasteiger partial charge in [-0.15, -0.1) is 0 Å². The van der Waals surface area contributed by atoms with Crippen LogP contribution in [0.5, 0.6) is 0 Å². The van der Waals surface area contributed by atoms with Crippen LogP contribution in [0.15, 0.2) is 77.8 Å². The largest absolute Gasteiger partial charge is 0.447 e. The third-order valence-electron chi connectivity index (χ3n) is 4.77. The molecule has 0 aliphatic heterocycles. The molecule has 1 aromatic heterocycles. The summed E-state index contributed by atoms with van der Waals surface area (Å²) in [7, 11) is -3.84. The zero-order valence-corrected chi connectivity index (χ0v) is 18.8. The second kappa shape index (κ2) is 10.0. The predicted octanol–water partition coefficient (Wildman–Crippen LogP) is 4.71. The van der Waals surface area contributed by atoms with Gasteiger partial charge in [-0.3, -0.25) is 4.98 Å². The van der Waals surface area contributed by atoms with E-state index in [1.165, 1.54) is 22.5 Å². The van der Waals surface area contributed by atoms with Crippen molar-refractivity contribution in [2.24, 2.45) is 0 Å². The number of pyridine rings is 1. The highest BCUT2D eigenvalue weighted by molar-refractivity contribution is 7.89. The molecule has 0 N–H and O–H groups in total. The van der Waals surface area contributed by atoms with Gasteiger partial charge in [0.1, 0.15) is 4.90 Å². The van der Waals surface area contributed by atoms with Gasteiger partial charge in [-0.1, -0.05) is 61.8 Å². The summed E-state index contributed by atoms with van der Waals surface area (Å²) < 4.78 is 32.9. The van der Waals surface area contributed by atoms with Crippen LogP contribution in [0, 0.1) is 0 Å². The van der Waals surface area contributed by atoms with Crippen molar-refractivity contribution in [2.45, 2.75) is 24.8 Å². The maximum atomic E-state index is 13.0. The van der Waals surface area contributed by atoms with Gasteiger partial charge in [-0.25, -0.2) is 13.2 Å². The number of carbonyl (C=O) groups is 1. The number of halogens is 1. The molecule has 31 heavy (non-hydrogen) atoms. The monoisotopic (exact) mass is 458 g/mol. The lowest BCUT2D eigenvalue weighted by Crippen LogP contribution is -2.31. The van der Waals surface area contributed by atoms with Crippen LogP contribution in [0.25, 0.3) is 0 Å². The Kier molecular flexibility index (Phi) is 7.43. The van der Waals surface area contributed by atoms with Crippen molar-refractivity contribution < 1.29 is 17.9 Å². The Bertz CT molecular complexity index is 1100. The molecule has 1 heterocycles. The number of benzene rings is 2. The van der Waals surface area contributed by atoms with E-state index < -0.39 is 22.1 Å². The topological polar surface area (TPSA) is 76.6 Å². The average molecular weight is 459 g/mol. The lowest BCUT2D eigenvalue weighted by molar-refractivity contribution is 0.0370. The number of esters is 1. The van der Waals surface area contributed by atoms with Gasteiger partial charge in [-0.2, -0.15) is 4.31 Å². The summed E-state index contributed by atoms with van der Waals surface area (Å²) in [5.41, 5.74) is 1.40. The summed E-state index contributed by atoms with van der Waals surface area (Å²) in [6.45, 7) is 4.06. The Balaban J connectivity index is 1.97. The Labute approximate surface area is 187 Å². The maximum absolute atomic E-state index is 13.0. The molecule has 0 aliphatic carbocycles. The minimum absolute atomic E-state index is 0.0489. The van der Waals surface area contributed by atoms with E-state index in [0.29, 0.717) is 18.8 Å². The molecular formula is C23H23ClN2O4S. The van der Waals surface area contributed by atoms with Crippen molar-refractivity contribution in [1.29, 1.82) is 0 Å². The molecule has 3 rings (SSSR count). The molecule has 0 saturated carbocycles.